The Morgan fingerprint density at radius 3 is 3.12 bits per heavy atom. The van der Waals surface area contributed by atoms with Crippen molar-refractivity contribution < 1.29 is 4.74 Å². The molecule has 0 bridgehead atoms. The highest BCUT2D eigenvalue weighted by Gasteiger charge is 2.22. The van der Waals surface area contributed by atoms with Gasteiger partial charge in [0.15, 0.2) is 11.8 Å². The molecule has 0 fully saturated rings. The molecular formula is C16H23N7O. The molecule has 0 radical (unpaired) electrons. The van der Waals surface area contributed by atoms with Gasteiger partial charge in [0.05, 0.1) is 18.8 Å². The van der Waals surface area contributed by atoms with E-state index in [0.717, 1.165) is 42.7 Å². The molecule has 24 heavy (non-hydrogen) atoms. The molecule has 1 unspecified atom stereocenters. The van der Waals surface area contributed by atoms with E-state index in [0.29, 0.717) is 13.2 Å². The number of guanidine groups is 1. The smallest absolute Gasteiger partial charge is 0.191 e. The zero-order valence-corrected chi connectivity index (χ0v) is 14.1. The third kappa shape index (κ3) is 4.08. The van der Waals surface area contributed by atoms with Crippen molar-refractivity contribution >= 4 is 5.96 Å². The van der Waals surface area contributed by atoms with Crippen LogP contribution < -0.4 is 10.6 Å². The van der Waals surface area contributed by atoms with Crippen LogP contribution >= 0.6 is 0 Å². The molecular weight excluding hydrogens is 306 g/mol. The molecule has 3 rings (SSSR count). The Kier molecular flexibility index (Phi) is 5.37. The van der Waals surface area contributed by atoms with Gasteiger partial charge < -0.3 is 15.4 Å². The van der Waals surface area contributed by atoms with Crippen LogP contribution in [0.3, 0.4) is 0 Å². The Bertz CT molecular complexity index is 683. The highest BCUT2D eigenvalue weighted by molar-refractivity contribution is 5.79. The Balaban J connectivity index is 1.55. The molecule has 0 saturated carbocycles. The number of methoxy groups -OCH3 is 1. The SMILES string of the molecule is CN=C(NCc1ccccn1)NC1CCc2nc(COC)nn2C1. The normalized spacial score (nSPS) is 17.4. The van der Waals surface area contributed by atoms with E-state index in [2.05, 4.69) is 30.7 Å². The van der Waals surface area contributed by atoms with Gasteiger partial charge in [0, 0.05) is 32.8 Å². The van der Waals surface area contributed by atoms with Crippen LogP contribution in [0, 0.1) is 0 Å². The first kappa shape index (κ1) is 16.4. The van der Waals surface area contributed by atoms with Gasteiger partial charge in [-0.25, -0.2) is 9.67 Å². The van der Waals surface area contributed by atoms with Crippen LogP contribution in [0.5, 0.6) is 0 Å². The minimum absolute atomic E-state index is 0.268. The number of hydrogen-bond acceptors (Lipinski definition) is 5. The molecule has 2 aromatic heterocycles. The molecule has 0 saturated heterocycles. The maximum Gasteiger partial charge on any atom is 0.191 e. The van der Waals surface area contributed by atoms with E-state index >= 15 is 0 Å². The molecule has 8 heteroatoms. The lowest BCUT2D eigenvalue weighted by molar-refractivity contribution is 0.177. The second kappa shape index (κ2) is 7.87. The molecule has 8 nitrogen and oxygen atoms in total. The van der Waals surface area contributed by atoms with Gasteiger partial charge in [0.25, 0.3) is 0 Å². The van der Waals surface area contributed by atoms with Crippen molar-refractivity contribution in [3.05, 3.63) is 41.7 Å². The first-order valence-electron chi connectivity index (χ1n) is 8.07. The zero-order chi connectivity index (χ0) is 16.8. The van der Waals surface area contributed by atoms with E-state index < -0.39 is 0 Å². The monoisotopic (exact) mass is 329 g/mol. The molecule has 1 atom stereocenters. The van der Waals surface area contributed by atoms with Crippen molar-refractivity contribution in [3.63, 3.8) is 0 Å². The molecule has 1 aliphatic rings. The van der Waals surface area contributed by atoms with E-state index in [-0.39, 0.29) is 6.04 Å². The number of aromatic nitrogens is 4. The van der Waals surface area contributed by atoms with Crippen molar-refractivity contribution in [2.75, 3.05) is 14.2 Å². The number of nitrogens with one attached hydrogen (secondary N) is 2. The third-order valence-electron chi connectivity index (χ3n) is 3.90. The zero-order valence-electron chi connectivity index (χ0n) is 14.1. The summed E-state index contributed by atoms with van der Waals surface area (Å²) in [7, 11) is 3.43. The van der Waals surface area contributed by atoms with Crippen LogP contribution in [0.4, 0.5) is 0 Å². The molecule has 0 amide bonds. The van der Waals surface area contributed by atoms with Crippen molar-refractivity contribution in [1.82, 2.24) is 30.4 Å². The number of ether oxygens (including phenoxy) is 1. The Hall–Kier alpha value is -2.48. The first-order valence-corrected chi connectivity index (χ1v) is 8.07. The molecule has 3 heterocycles. The van der Waals surface area contributed by atoms with Gasteiger partial charge >= 0.3 is 0 Å². The second-order valence-corrected chi connectivity index (χ2v) is 5.69. The average molecular weight is 329 g/mol. The molecule has 128 valence electrons. The van der Waals surface area contributed by atoms with Gasteiger partial charge in [-0.3, -0.25) is 9.98 Å². The van der Waals surface area contributed by atoms with Crippen molar-refractivity contribution in [2.45, 2.75) is 38.6 Å². The summed E-state index contributed by atoms with van der Waals surface area (Å²) in [6.07, 6.45) is 3.68. The average Bonchev–Trinajstić information content (AvgIpc) is 3.01. The van der Waals surface area contributed by atoms with Gasteiger partial charge in [0.2, 0.25) is 0 Å². The van der Waals surface area contributed by atoms with Gasteiger partial charge in [-0.1, -0.05) is 6.07 Å². The lowest BCUT2D eigenvalue weighted by Crippen LogP contribution is -2.46. The fourth-order valence-corrected chi connectivity index (χ4v) is 2.73. The highest BCUT2D eigenvalue weighted by atomic mass is 16.5. The van der Waals surface area contributed by atoms with Crippen molar-refractivity contribution in [3.8, 4) is 0 Å². The minimum Gasteiger partial charge on any atom is -0.377 e. The summed E-state index contributed by atoms with van der Waals surface area (Å²) in [5.41, 5.74) is 0.979. The van der Waals surface area contributed by atoms with Crippen molar-refractivity contribution in [1.29, 1.82) is 0 Å². The fourth-order valence-electron chi connectivity index (χ4n) is 2.73. The standard InChI is InChI=1S/C16H23N7O/c1-17-16(19-9-12-5-3-4-8-18-12)20-13-6-7-15-21-14(11-24-2)22-23(15)10-13/h3-5,8,13H,6-7,9-11H2,1-2H3,(H2,17,19,20). The Labute approximate surface area is 141 Å². The highest BCUT2D eigenvalue weighted by Crippen LogP contribution is 2.13. The Morgan fingerprint density at radius 2 is 2.38 bits per heavy atom. The molecule has 0 aromatic carbocycles. The van der Waals surface area contributed by atoms with Gasteiger partial charge in [0.1, 0.15) is 12.4 Å². The fraction of sp³-hybridized carbons (Fsp3) is 0.500. The molecule has 2 aromatic rings. The molecule has 2 N–H and O–H groups in total. The molecule has 0 aliphatic carbocycles. The molecule has 1 aliphatic heterocycles. The van der Waals surface area contributed by atoms with E-state index in [9.17, 15) is 0 Å². The van der Waals surface area contributed by atoms with Crippen molar-refractivity contribution in [2.24, 2.45) is 4.99 Å². The third-order valence-corrected chi connectivity index (χ3v) is 3.90. The summed E-state index contributed by atoms with van der Waals surface area (Å²) in [4.78, 5) is 13.1. The summed E-state index contributed by atoms with van der Waals surface area (Å²) in [5, 5.41) is 11.2. The minimum atomic E-state index is 0.268. The number of nitrogens with zero attached hydrogens (tertiary/aromatic N) is 5. The van der Waals surface area contributed by atoms with E-state index in [1.807, 2.05) is 22.9 Å². The van der Waals surface area contributed by atoms with Crippen LogP contribution in [0.1, 0.15) is 23.8 Å². The second-order valence-electron chi connectivity index (χ2n) is 5.69. The predicted octanol–water partition coefficient (Wildman–Crippen LogP) is 0.499. The predicted molar refractivity (Wildman–Crippen MR) is 90.4 cm³/mol. The summed E-state index contributed by atoms with van der Waals surface area (Å²) in [5.74, 6) is 2.54. The first-order chi connectivity index (χ1) is 11.8. The number of fused-ring (bicyclic) bond motifs is 1. The van der Waals surface area contributed by atoms with E-state index in [1.54, 1.807) is 20.4 Å². The summed E-state index contributed by atoms with van der Waals surface area (Å²) < 4.78 is 7.06. The summed E-state index contributed by atoms with van der Waals surface area (Å²) >= 11 is 0. The van der Waals surface area contributed by atoms with E-state index in [1.165, 1.54) is 0 Å². The number of aryl methyl sites for hydroxylation is 1. The topological polar surface area (TPSA) is 89.2 Å². The number of aliphatic imine (C=N–C) groups is 1. The number of rotatable bonds is 5. The lowest BCUT2D eigenvalue weighted by atomic mass is 10.1. The van der Waals surface area contributed by atoms with Crippen LogP contribution in [0.25, 0.3) is 0 Å². The Morgan fingerprint density at radius 1 is 1.46 bits per heavy atom. The largest absolute Gasteiger partial charge is 0.377 e. The van der Waals surface area contributed by atoms with Crippen LogP contribution in [0.2, 0.25) is 0 Å². The quantitative estimate of drug-likeness (QED) is 0.613. The van der Waals surface area contributed by atoms with E-state index in [4.69, 9.17) is 4.74 Å². The molecule has 0 spiro atoms. The van der Waals surface area contributed by atoms with Crippen LogP contribution in [-0.4, -0.2) is 45.9 Å². The van der Waals surface area contributed by atoms with Crippen LogP contribution in [0.15, 0.2) is 29.4 Å². The lowest BCUT2D eigenvalue weighted by Gasteiger charge is -2.25. The maximum atomic E-state index is 5.10. The van der Waals surface area contributed by atoms with Crippen LogP contribution in [-0.2, 0) is 30.9 Å². The summed E-state index contributed by atoms with van der Waals surface area (Å²) in [6.45, 7) is 1.86. The van der Waals surface area contributed by atoms with Gasteiger partial charge in [-0.2, -0.15) is 5.10 Å². The maximum absolute atomic E-state index is 5.10. The summed E-state index contributed by atoms with van der Waals surface area (Å²) in [6, 6.07) is 6.14. The van der Waals surface area contributed by atoms with Gasteiger partial charge in [-0.15, -0.1) is 0 Å². The number of pyridine rings is 1. The van der Waals surface area contributed by atoms with Gasteiger partial charge in [-0.05, 0) is 18.6 Å². The number of hydrogen-bond donors (Lipinski definition) is 2.